The lowest BCUT2D eigenvalue weighted by molar-refractivity contribution is -0.151. The second kappa shape index (κ2) is 7.30. The quantitative estimate of drug-likeness (QED) is 0.694. The predicted octanol–water partition coefficient (Wildman–Crippen LogP) is 1.93. The maximum Gasteiger partial charge on any atom is 0.312 e. The smallest absolute Gasteiger partial charge is 0.312 e. The largest absolute Gasteiger partial charge is 0.519 e. The van der Waals surface area contributed by atoms with Crippen LogP contribution in [0, 0.1) is 0 Å². The molecule has 0 heterocycles. The summed E-state index contributed by atoms with van der Waals surface area (Å²) in [5, 5.41) is 0. The van der Waals surface area contributed by atoms with E-state index in [0.717, 1.165) is 11.3 Å². The average molecular weight is 273 g/mol. The number of unbranched alkanes of at least 4 members (excludes halogenated alkanes) is 1. The molecule has 6 heteroatoms. The van der Waals surface area contributed by atoms with Gasteiger partial charge in [-0.1, -0.05) is 13.3 Å². The van der Waals surface area contributed by atoms with Crippen molar-refractivity contribution in [3.63, 3.8) is 0 Å². The summed E-state index contributed by atoms with van der Waals surface area (Å²) in [5.41, 5.74) is 0. The van der Waals surface area contributed by atoms with Gasteiger partial charge in [0, 0.05) is 13.3 Å². The summed E-state index contributed by atoms with van der Waals surface area (Å²) in [6.45, 7) is 8.60. The van der Waals surface area contributed by atoms with E-state index in [1.54, 1.807) is 0 Å². The van der Waals surface area contributed by atoms with Crippen molar-refractivity contribution in [3.8, 4) is 0 Å². The molecule has 0 N–H and O–H groups in total. The van der Waals surface area contributed by atoms with Gasteiger partial charge in [0.15, 0.2) is 0 Å². The summed E-state index contributed by atoms with van der Waals surface area (Å²) in [7, 11) is -1.98. The van der Waals surface area contributed by atoms with E-state index in [1.165, 1.54) is 6.92 Å². The minimum Gasteiger partial charge on any atom is -0.519 e. The van der Waals surface area contributed by atoms with Gasteiger partial charge in [-0.15, -0.1) is 0 Å². The van der Waals surface area contributed by atoms with Crippen LogP contribution in [0.15, 0.2) is 0 Å². The third-order valence-corrected chi connectivity index (χ3v) is 2.97. The lowest BCUT2D eigenvalue weighted by Gasteiger charge is -2.22. The van der Waals surface area contributed by atoms with E-state index >= 15 is 0 Å². The van der Waals surface area contributed by atoms with Crippen LogP contribution in [0.25, 0.3) is 0 Å². The van der Waals surface area contributed by atoms with Crippen LogP contribution in [0.4, 0.5) is 0 Å². The van der Waals surface area contributed by atoms with E-state index in [0.29, 0.717) is 6.42 Å². The average Bonchev–Trinajstić information content (AvgIpc) is 2.19. The van der Waals surface area contributed by atoms with E-state index in [-0.39, 0.29) is 18.9 Å². The van der Waals surface area contributed by atoms with Crippen LogP contribution in [0.3, 0.4) is 0 Å². The van der Waals surface area contributed by atoms with E-state index in [4.69, 9.17) is 4.43 Å². The fourth-order valence-electron chi connectivity index (χ4n) is 1.34. The van der Waals surface area contributed by atoms with Crippen LogP contribution in [0.5, 0.6) is 0 Å². The molecule has 0 spiro atoms. The molecule has 5 nitrogen and oxygen atoms in total. The highest BCUT2D eigenvalue weighted by atomic mass is 28.4. The molecule has 0 aliphatic rings. The number of imide groups is 1. The van der Waals surface area contributed by atoms with Crippen LogP contribution in [-0.2, 0) is 18.8 Å². The Morgan fingerprint density at radius 1 is 1.17 bits per heavy atom. The maximum atomic E-state index is 11.8. The second-order valence-corrected chi connectivity index (χ2v) is 9.62. The Kier molecular flexibility index (Phi) is 6.83. The summed E-state index contributed by atoms with van der Waals surface area (Å²) in [5.74, 6) is -1.23. The highest BCUT2D eigenvalue weighted by molar-refractivity contribution is 6.71. The Bertz CT molecular complexity index is 323. The zero-order chi connectivity index (χ0) is 14.3. The second-order valence-electron chi connectivity index (χ2n) is 5.19. The van der Waals surface area contributed by atoms with Gasteiger partial charge in [-0.05, 0) is 26.1 Å². The zero-order valence-corrected chi connectivity index (χ0v) is 12.9. The van der Waals surface area contributed by atoms with Gasteiger partial charge < -0.3 is 4.43 Å². The van der Waals surface area contributed by atoms with Crippen LogP contribution >= 0.6 is 0 Å². The van der Waals surface area contributed by atoms with Gasteiger partial charge >= 0.3 is 5.97 Å². The van der Waals surface area contributed by atoms with Crippen LogP contribution in [-0.4, -0.2) is 37.5 Å². The molecular formula is C12H23NO4Si. The van der Waals surface area contributed by atoms with E-state index in [2.05, 4.69) is 0 Å². The fraction of sp³-hybridized carbons (Fsp3) is 0.750. The third kappa shape index (κ3) is 7.21. The Hall–Kier alpha value is -1.17. The fourth-order valence-corrected chi connectivity index (χ4v) is 2.09. The Morgan fingerprint density at radius 2 is 1.72 bits per heavy atom. The Morgan fingerprint density at radius 3 is 2.11 bits per heavy atom. The van der Waals surface area contributed by atoms with Gasteiger partial charge in [-0.2, -0.15) is 0 Å². The number of hydrogen-bond acceptors (Lipinski definition) is 4. The van der Waals surface area contributed by atoms with Gasteiger partial charge in [0.05, 0.1) is 0 Å². The first-order valence-corrected chi connectivity index (χ1v) is 9.61. The molecule has 0 saturated carbocycles. The molecule has 0 aliphatic heterocycles. The van der Waals surface area contributed by atoms with E-state index in [1.807, 2.05) is 26.6 Å². The molecule has 104 valence electrons. The third-order valence-electron chi connectivity index (χ3n) is 2.13. The summed E-state index contributed by atoms with van der Waals surface area (Å²) in [6, 6.07) is 0. The molecule has 0 aromatic heterocycles. The van der Waals surface area contributed by atoms with Crippen molar-refractivity contribution in [3.05, 3.63) is 0 Å². The lowest BCUT2D eigenvalue weighted by atomic mass is 10.2. The molecule has 0 radical (unpaired) electrons. The van der Waals surface area contributed by atoms with E-state index in [9.17, 15) is 14.4 Å². The number of amides is 2. The highest BCUT2D eigenvalue weighted by Gasteiger charge is 2.25. The van der Waals surface area contributed by atoms with Gasteiger partial charge in [-0.25, -0.2) is 0 Å². The van der Waals surface area contributed by atoms with Gasteiger partial charge in [0.1, 0.15) is 6.54 Å². The number of carbonyl (C=O) groups excluding carboxylic acids is 3. The van der Waals surface area contributed by atoms with Crippen molar-refractivity contribution >= 4 is 26.1 Å². The van der Waals surface area contributed by atoms with Crippen LogP contribution < -0.4 is 0 Å². The van der Waals surface area contributed by atoms with Crippen molar-refractivity contribution < 1.29 is 18.8 Å². The maximum absolute atomic E-state index is 11.8. The first-order chi connectivity index (χ1) is 8.17. The summed E-state index contributed by atoms with van der Waals surface area (Å²) >= 11 is 0. The van der Waals surface area contributed by atoms with Crippen molar-refractivity contribution in [1.82, 2.24) is 4.90 Å². The van der Waals surface area contributed by atoms with Gasteiger partial charge in [0.25, 0.3) is 0 Å². The highest BCUT2D eigenvalue weighted by Crippen LogP contribution is 2.06. The van der Waals surface area contributed by atoms with Crippen molar-refractivity contribution in [2.75, 3.05) is 6.54 Å². The van der Waals surface area contributed by atoms with E-state index < -0.39 is 20.2 Å². The molecular weight excluding hydrogens is 250 g/mol. The molecule has 2 amide bonds. The summed E-state index contributed by atoms with van der Waals surface area (Å²) < 4.78 is 5.23. The minimum absolute atomic E-state index is 0.276. The standard InChI is InChI=1S/C12H23NO4Si/c1-6-7-8-11(15)13(10(2)14)9-12(16)17-18(3,4)5/h6-9H2,1-5H3. The number of rotatable bonds is 6. The summed E-state index contributed by atoms with van der Waals surface area (Å²) in [4.78, 5) is 35.7. The molecule has 18 heavy (non-hydrogen) atoms. The normalized spacial score (nSPS) is 10.9. The SMILES string of the molecule is CCCCC(=O)N(CC(=O)O[Si](C)(C)C)C(C)=O. The summed E-state index contributed by atoms with van der Waals surface area (Å²) in [6.07, 6.45) is 1.87. The first kappa shape index (κ1) is 16.8. The Labute approximate surface area is 110 Å². The monoisotopic (exact) mass is 273 g/mol. The van der Waals surface area contributed by atoms with Crippen LogP contribution in [0.2, 0.25) is 19.6 Å². The molecule has 0 fully saturated rings. The molecule has 0 aliphatic carbocycles. The Balaban J connectivity index is 4.50. The number of nitrogens with zero attached hydrogens (tertiary/aromatic N) is 1. The topological polar surface area (TPSA) is 63.7 Å². The van der Waals surface area contributed by atoms with Gasteiger partial charge in [-0.3, -0.25) is 19.3 Å². The lowest BCUT2D eigenvalue weighted by Crippen LogP contribution is -2.42. The van der Waals surface area contributed by atoms with Crippen LogP contribution in [0.1, 0.15) is 33.1 Å². The molecule has 0 unspecified atom stereocenters. The zero-order valence-electron chi connectivity index (χ0n) is 11.9. The number of hydrogen-bond donors (Lipinski definition) is 0. The molecule has 0 saturated heterocycles. The minimum atomic E-state index is -1.98. The molecule has 0 atom stereocenters. The first-order valence-electron chi connectivity index (χ1n) is 6.20. The molecule has 0 rings (SSSR count). The predicted molar refractivity (Wildman–Crippen MR) is 71.4 cm³/mol. The molecule has 0 bridgehead atoms. The molecule has 0 aromatic carbocycles. The molecule has 0 aromatic rings. The van der Waals surface area contributed by atoms with Crippen molar-refractivity contribution in [1.29, 1.82) is 0 Å². The van der Waals surface area contributed by atoms with Gasteiger partial charge in [0.2, 0.25) is 20.1 Å². The van der Waals surface area contributed by atoms with Crippen molar-refractivity contribution in [2.24, 2.45) is 0 Å². The van der Waals surface area contributed by atoms with Crippen molar-refractivity contribution in [2.45, 2.75) is 52.8 Å². The number of carbonyl (C=O) groups is 3.